The third kappa shape index (κ3) is 7.11. The molecule has 0 aliphatic carbocycles. The fourth-order valence-corrected chi connectivity index (χ4v) is 2.56. The van der Waals surface area contributed by atoms with E-state index in [1.165, 1.54) is 11.0 Å². The fraction of sp³-hybridized carbons (Fsp3) is 0.286. The molecule has 0 spiro atoms. The van der Waals surface area contributed by atoms with E-state index in [1.807, 2.05) is 60.7 Å². The van der Waals surface area contributed by atoms with E-state index in [1.54, 1.807) is 0 Å². The summed E-state index contributed by atoms with van der Waals surface area (Å²) >= 11 is 0. The molecule has 0 aliphatic rings. The van der Waals surface area contributed by atoms with Gasteiger partial charge in [-0.3, -0.25) is 4.79 Å². The number of hydrogen-bond donors (Lipinski definition) is 1. The van der Waals surface area contributed by atoms with E-state index in [4.69, 9.17) is 19.9 Å². The second kappa shape index (κ2) is 11.1. The van der Waals surface area contributed by atoms with E-state index >= 15 is 0 Å². The van der Waals surface area contributed by atoms with Crippen LogP contribution in [0.3, 0.4) is 0 Å². The number of carbonyl (C=O) groups excluding carboxylic acids is 1. The Morgan fingerprint density at radius 2 is 1.48 bits per heavy atom. The van der Waals surface area contributed by atoms with Crippen molar-refractivity contribution in [1.29, 1.82) is 0 Å². The molecule has 0 bridgehead atoms. The first-order chi connectivity index (χ1) is 14.2. The summed E-state index contributed by atoms with van der Waals surface area (Å²) in [6, 6.07) is 19.8. The second-order valence-corrected chi connectivity index (χ2v) is 6.39. The molecule has 152 valence electrons. The summed E-state index contributed by atoms with van der Waals surface area (Å²) < 4.78 is 18.8. The van der Waals surface area contributed by atoms with Crippen LogP contribution in [0.2, 0.25) is 0 Å². The van der Waals surface area contributed by atoms with Crippen molar-refractivity contribution < 1.29 is 19.0 Å². The Morgan fingerprint density at radius 1 is 0.931 bits per heavy atom. The monoisotopic (exact) mass is 396 g/mol. The molecule has 0 radical (unpaired) electrons. The van der Waals surface area contributed by atoms with Crippen LogP contribution in [-0.2, 0) is 34.2 Å². The molecule has 0 atom stereocenters. The van der Waals surface area contributed by atoms with Crippen LogP contribution < -0.4 is 5.73 Å². The van der Waals surface area contributed by atoms with Gasteiger partial charge in [-0.1, -0.05) is 60.7 Å². The Morgan fingerprint density at radius 3 is 1.97 bits per heavy atom. The standard InChI is InChI=1S/C21H24N4O4/c22-20(26)21-23-15-25(24-21)16-29-19(13-27-11-17-7-3-1-4-8-17)14-28-12-18-9-5-2-6-10-18/h1-10,15,19H,11-14,16H2,(H2,22,26). The van der Waals surface area contributed by atoms with Gasteiger partial charge in [0.1, 0.15) is 19.2 Å². The summed E-state index contributed by atoms with van der Waals surface area (Å²) in [5.74, 6) is -0.733. The maximum absolute atomic E-state index is 11.1. The molecule has 3 rings (SSSR count). The summed E-state index contributed by atoms with van der Waals surface area (Å²) in [6.45, 7) is 1.76. The van der Waals surface area contributed by atoms with Crippen molar-refractivity contribution in [1.82, 2.24) is 14.8 Å². The molecule has 1 amide bonds. The summed E-state index contributed by atoms with van der Waals surface area (Å²) in [5.41, 5.74) is 7.33. The highest BCUT2D eigenvalue weighted by atomic mass is 16.6. The van der Waals surface area contributed by atoms with Crippen LogP contribution in [-0.4, -0.2) is 40.0 Å². The lowest BCUT2D eigenvalue weighted by Crippen LogP contribution is -2.27. The second-order valence-electron chi connectivity index (χ2n) is 6.39. The van der Waals surface area contributed by atoms with E-state index < -0.39 is 5.91 Å². The number of primary amides is 1. The topological polar surface area (TPSA) is 101 Å². The van der Waals surface area contributed by atoms with Crippen molar-refractivity contribution >= 4 is 5.91 Å². The first-order valence-corrected chi connectivity index (χ1v) is 9.25. The smallest absolute Gasteiger partial charge is 0.288 e. The number of aromatic nitrogens is 3. The first kappa shape index (κ1) is 20.7. The van der Waals surface area contributed by atoms with Crippen LogP contribution in [0, 0.1) is 0 Å². The molecule has 2 aromatic carbocycles. The molecule has 8 nitrogen and oxygen atoms in total. The number of benzene rings is 2. The van der Waals surface area contributed by atoms with Gasteiger partial charge in [0.2, 0.25) is 5.82 Å². The molecule has 0 fully saturated rings. The summed E-state index contributed by atoms with van der Waals surface area (Å²) in [5, 5.41) is 3.96. The zero-order valence-corrected chi connectivity index (χ0v) is 16.0. The van der Waals surface area contributed by atoms with Gasteiger partial charge in [0, 0.05) is 0 Å². The van der Waals surface area contributed by atoms with Gasteiger partial charge in [-0.05, 0) is 11.1 Å². The lowest BCUT2D eigenvalue weighted by Gasteiger charge is -2.18. The van der Waals surface area contributed by atoms with Gasteiger partial charge >= 0.3 is 0 Å². The van der Waals surface area contributed by atoms with Crippen molar-refractivity contribution in [2.45, 2.75) is 26.0 Å². The number of nitrogens with zero attached hydrogens (tertiary/aromatic N) is 3. The summed E-state index contributed by atoms with van der Waals surface area (Å²) in [7, 11) is 0. The lowest BCUT2D eigenvalue weighted by atomic mass is 10.2. The van der Waals surface area contributed by atoms with Crippen molar-refractivity contribution in [2.75, 3.05) is 13.2 Å². The Bertz CT molecular complexity index is 825. The van der Waals surface area contributed by atoms with Gasteiger partial charge in [0.15, 0.2) is 0 Å². The molecule has 1 heterocycles. The largest absolute Gasteiger partial charge is 0.374 e. The van der Waals surface area contributed by atoms with Gasteiger partial charge in [-0.15, -0.1) is 5.10 Å². The molecular weight excluding hydrogens is 372 g/mol. The molecule has 8 heteroatoms. The normalized spacial score (nSPS) is 11.1. The SMILES string of the molecule is NC(=O)c1ncn(COC(COCc2ccccc2)COCc2ccccc2)n1. The molecule has 2 N–H and O–H groups in total. The first-order valence-electron chi connectivity index (χ1n) is 9.25. The predicted octanol–water partition coefficient (Wildman–Crippen LogP) is 2.15. The molecule has 0 aliphatic heterocycles. The minimum Gasteiger partial charge on any atom is -0.374 e. The van der Waals surface area contributed by atoms with Gasteiger partial charge in [-0.2, -0.15) is 0 Å². The highest BCUT2D eigenvalue weighted by molar-refractivity contribution is 5.88. The quantitative estimate of drug-likeness (QED) is 0.503. The van der Waals surface area contributed by atoms with E-state index in [0.717, 1.165) is 11.1 Å². The Balaban J connectivity index is 1.50. The maximum atomic E-state index is 11.1. The lowest BCUT2D eigenvalue weighted by molar-refractivity contribution is -0.0899. The Labute approximate surface area is 169 Å². The Hall–Kier alpha value is -3.07. The zero-order valence-electron chi connectivity index (χ0n) is 16.0. The highest BCUT2D eigenvalue weighted by Gasteiger charge is 2.13. The van der Waals surface area contributed by atoms with Crippen molar-refractivity contribution in [3.63, 3.8) is 0 Å². The van der Waals surface area contributed by atoms with Gasteiger partial charge in [0.25, 0.3) is 5.91 Å². The van der Waals surface area contributed by atoms with Crippen LogP contribution in [0.5, 0.6) is 0 Å². The highest BCUT2D eigenvalue weighted by Crippen LogP contribution is 2.06. The minimum atomic E-state index is -0.683. The maximum Gasteiger partial charge on any atom is 0.288 e. The van der Waals surface area contributed by atoms with Gasteiger partial charge in [0.05, 0.1) is 26.4 Å². The number of rotatable bonds is 12. The van der Waals surface area contributed by atoms with E-state index in [-0.39, 0.29) is 18.7 Å². The van der Waals surface area contributed by atoms with Crippen LogP contribution in [0.15, 0.2) is 67.0 Å². The van der Waals surface area contributed by atoms with E-state index in [9.17, 15) is 4.79 Å². The van der Waals surface area contributed by atoms with Crippen LogP contribution in [0.4, 0.5) is 0 Å². The van der Waals surface area contributed by atoms with Crippen LogP contribution >= 0.6 is 0 Å². The average Bonchev–Trinajstić information content (AvgIpc) is 3.23. The molecule has 1 aromatic heterocycles. The number of ether oxygens (including phenoxy) is 3. The van der Waals surface area contributed by atoms with Gasteiger partial charge in [-0.25, -0.2) is 9.67 Å². The van der Waals surface area contributed by atoms with Crippen molar-refractivity contribution in [2.24, 2.45) is 5.73 Å². The number of hydrogen-bond acceptors (Lipinski definition) is 6. The van der Waals surface area contributed by atoms with Gasteiger partial charge < -0.3 is 19.9 Å². The molecule has 0 saturated heterocycles. The van der Waals surface area contributed by atoms with Crippen LogP contribution in [0.25, 0.3) is 0 Å². The molecular formula is C21H24N4O4. The molecule has 29 heavy (non-hydrogen) atoms. The molecule has 0 unspecified atom stereocenters. The third-order valence-corrected chi connectivity index (χ3v) is 4.03. The average molecular weight is 396 g/mol. The van der Waals surface area contributed by atoms with E-state index in [2.05, 4.69) is 10.1 Å². The molecule has 3 aromatic rings. The van der Waals surface area contributed by atoms with E-state index in [0.29, 0.717) is 26.4 Å². The fourth-order valence-electron chi connectivity index (χ4n) is 2.56. The van der Waals surface area contributed by atoms with Crippen molar-refractivity contribution in [3.05, 3.63) is 83.9 Å². The predicted molar refractivity (Wildman–Crippen MR) is 106 cm³/mol. The summed E-state index contributed by atoms with van der Waals surface area (Å²) in [4.78, 5) is 14.9. The number of carbonyl (C=O) groups is 1. The number of amides is 1. The number of nitrogens with two attached hydrogens (primary N) is 1. The van der Waals surface area contributed by atoms with Crippen molar-refractivity contribution in [3.8, 4) is 0 Å². The zero-order chi connectivity index (χ0) is 20.3. The summed E-state index contributed by atoms with van der Waals surface area (Å²) in [6.07, 6.45) is 1.08. The Kier molecular flexibility index (Phi) is 7.88. The molecule has 0 saturated carbocycles. The minimum absolute atomic E-state index is 0.0502. The third-order valence-electron chi connectivity index (χ3n) is 4.03. The van der Waals surface area contributed by atoms with Crippen LogP contribution in [0.1, 0.15) is 21.7 Å².